The smallest absolute Gasteiger partial charge is 0.417 e. The quantitative estimate of drug-likeness (QED) is 0.385. The highest BCUT2D eigenvalue weighted by Crippen LogP contribution is 2.46. The highest BCUT2D eigenvalue weighted by Gasteiger charge is 2.23. The van der Waals surface area contributed by atoms with E-state index in [1.165, 1.54) is 22.3 Å². The summed E-state index contributed by atoms with van der Waals surface area (Å²) in [6.07, 6.45) is 3.65. The average Bonchev–Trinajstić information content (AvgIpc) is 2.73. The number of hydrogen-bond donors (Lipinski definition) is 0. The first-order valence-corrected chi connectivity index (χ1v) is 11.8. The Labute approximate surface area is 178 Å². The molecule has 0 saturated heterocycles. The third kappa shape index (κ3) is 6.70. The van der Waals surface area contributed by atoms with Gasteiger partial charge in [-0.05, 0) is 62.0 Å². The number of hydrogen-bond acceptors (Lipinski definition) is 4. The van der Waals surface area contributed by atoms with Gasteiger partial charge in [-0.25, -0.2) is 0 Å². The van der Waals surface area contributed by atoms with E-state index in [0.717, 1.165) is 43.7 Å². The summed E-state index contributed by atoms with van der Waals surface area (Å²) in [6, 6.07) is 12.7. The van der Waals surface area contributed by atoms with E-state index in [1.807, 2.05) is 14.1 Å². The van der Waals surface area contributed by atoms with E-state index in [4.69, 9.17) is 13.6 Å². The molecule has 0 heterocycles. The Morgan fingerprint density at radius 3 is 1.38 bits per heavy atom. The van der Waals surface area contributed by atoms with Crippen LogP contribution in [0.1, 0.15) is 49.9 Å². The first-order valence-electron chi connectivity index (χ1n) is 10.7. The number of nitrogens with zero attached hydrogens (tertiary/aromatic N) is 1. The molecule has 0 aliphatic carbocycles. The van der Waals surface area contributed by atoms with Gasteiger partial charge in [-0.15, -0.1) is 0 Å². The Bertz CT molecular complexity index is 662. The van der Waals surface area contributed by atoms with Crippen LogP contribution in [0.25, 0.3) is 0 Å². The maximum atomic E-state index is 6.45. The van der Waals surface area contributed by atoms with Crippen LogP contribution in [0.5, 0.6) is 11.5 Å². The Morgan fingerprint density at radius 2 is 1.07 bits per heavy atom. The molecule has 0 aliphatic heterocycles. The van der Waals surface area contributed by atoms with E-state index >= 15 is 0 Å². The summed E-state index contributed by atoms with van der Waals surface area (Å²) in [5, 5.41) is 0. The monoisotopic (exact) mass is 417 g/mol. The number of aryl methyl sites for hydroxylation is 4. The Balaban J connectivity index is 2.34. The topological polar surface area (TPSA) is 30.9 Å². The molecule has 5 heteroatoms. The van der Waals surface area contributed by atoms with E-state index in [-0.39, 0.29) is 0 Å². The molecule has 0 spiro atoms. The van der Waals surface area contributed by atoms with Crippen LogP contribution in [-0.4, -0.2) is 32.1 Å². The second kappa shape index (κ2) is 12.2. The minimum atomic E-state index is -1.56. The molecule has 2 rings (SSSR count). The minimum absolute atomic E-state index is 0.560. The zero-order chi connectivity index (χ0) is 21.2. The molecule has 0 N–H and O–H groups in total. The number of likely N-dealkylation sites (N-methyl/N-ethyl adjacent to an activating group) is 1. The van der Waals surface area contributed by atoms with E-state index in [9.17, 15) is 0 Å². The van der Waals surface area contributed by atoms with Crippen molar-refractivity contribution in [2.45, 2.75) is 53.4 Å². The van der Waals surface area contributed by atoms with Crippen molar-refractivity contribution in [1.29, 1.82) is 0 Å². The molecule has 0 atom stereocenters. The molecule has 2 aromatic rings. The highest BCUT2D eigenvalue weighted by molar-refractivity contribution is 7.42. The molecular weight excluding hydrogens is 381 g/mol. The van der Waals surface area contributed by atoms with Crippen molar-refractivity contribution in [3.8, 4) is 11.5 Å². The lowest BCUT2D eigenvalue weighted by Gasteiger charge is -2.23. The summed E-state index contributed by atoms with van der Waals surface area (Å²) in [6.45, 7) is 9.98. The van der Waals surface area contributed by atoms with Gasteiger partial charge < -0.3 is 13.9 Å². The van der Waals surface area contributed by atoms with Crippen molar-refractivity contribution in [2.24, 2.45) is 0 Å². The lowest BCUT2D eigenvalue weighted by atomic mass is 10.1. The molecule has 2 aromatic carbocycles. The van der Waals surface area contributed by atoms with E-state index < -0.39 is 8.60 Å². The first kappa shape index (κ1) is 23.7. The van der Waals surface area contributed by atoms with Gasteiger partial charge >= 0.3 is 8.60 Å². The molecule has 0 fully saturated rings. The Morgan fingerprint density at radius 1 is 0.690 bits per heavy atom. The molecule has 0 radical (unpaired) electrons. The number of benzene rings is 2. The van der Waals surface area contributed by atoms with Gasteiger partial charge in [-0.1, -0.05) is 64.1 Å². The zero-order valence-electron chi connectivity index (χ0n) is 18.8. The minimum Gasteiger partial charge on any atom is -0.417 e. The van der Waals surface area contributed by atoms with E-state index in [1.54, 1.807) is 0 Å². The van der Waals surface area contributed by atoms with E-state index in [2.05, 4.69) is 69.0 Å². The highest BCUT2D eigenvalue weighted by atomic mass is 31.2. The third-order valence-electron chi connectivity index (χ3n) is 4.95. The van der Waals surface area contributed by atoms with Crippen LogP contribution in [0.2, 0.25) is 0 Å². The fourth-order valence-corrected chi connectivity index (χ4v) is 4.28. The Hall–Kier alpha value is -1.61. The lowest BCUT2D eigenvalue weighted by molar-refractivity contribution is 0.231. The van der Waals surface area contributed by atoms with Gasteiger partial charge in [0.15, 0.2) is 0 Å². The summed E-state index contributed by atoms with van der Waals surface area (Å²) in [4.78, 5) is 2.10. The van der Waals surface area contributed by atoms with E-state index in [0.29, 0.717) is 6.61 Å². The second-order valence-corrected chi connectivity index (χ2v) is 8.34. The molecule has 0 aromatic heterocycles. The van der Waals surface area contributed by atoms with Crippen molar-refractivity contribution >= 4 is 8.60 Å². The van der Waals surface area contributed by atoms with Crippen molar-refractivity contribution in [1.82, 2.24) is 4.90 Å². The Kier molecular flexibility index (Phi) is 9.93. The molecule has 0 bridgehead atoms. The van der Waals surface area contributed by atoms with Crippen molar-refractivity contribution in [2.75, 3.05) is 27.2 Å². The maximum absolute atomic E-state index is 6.45. The van der Waals surface area contributed by atoms with Crippen LogP contribution in [-0.2, 0) is 30.2 Å². The summed E-state index contributed by atoms with van der Waals surface area (Å²) in [5.41, 5.74) is 4.76. The number of para-hydroxylation sites is 2. The van der Waals surface area contributed by atoms with Gasteiger partial charge in [0.1, 0.15) is 11.5 Å². The first-order chi connectivity index (χ1) is 14.0. The fourth-order valence-electron chi connectivity index (χ4n) is 3.14. The molecule has 4 nitrogen and oxygen atoms in total. The van der Waals surface area contributed by atoms with Crippen molar-refractivity contribution in [3.63, 3.8) is 0 Å². The van der Waals surface area contributed by atoms with Crippen molar-refractivity contribution in [3.05, 3.63) is 58.7 Å². The molecular formula is C24H36NO3P. The molecule has 160 valence electrons. The van der Waals surface area contributed by atoms with Gasteiger partial charge in [0.2, 0.25) is 0 Å². The van der Waals surface area contributed by atoms with Crippen LogP contribution in [0, 0.1) is 0 Å². The second-order valence-electron chi connectivity index (χ2n) is 7.27. The van der Waals surface area contributed by atoms with Gasteiger partial charge in [0, 0.05) is 6.54 Å². The summed E-state index contributed by atoms with van der Waals surface area (Å²) in [7, 11) is 2.52. The number of rotatable bonds is 12. The molecule has 0 aliphatic rings. The molecule has 0 unspecified atom stereocenters. The SMILES string of the molecule is CCc1cccc(CC)c1OP(OCCN(C)C)Oc1c(CC)cccc1CC. The zero-order valence-corrected chi connectivity index (χ0v) is 19.7. The van der Waals surface area contributed by atoms with Gasteiger partial charge in [0.05, 0.1) is 6.61 Å². The van der Waals surface area contributed by atoms with Crippen LogP contribution in [0.15, 0.2) is 36.4 Å². The normalized spacial score (nSPS) is 11.3. The van der Waals surface area contributed by atoms with Gasteiger partial charge in [0.25, 0.3) is 0 Å². The largest absolute Gasteiger partial charge is 0.463 e. The fraction of sp³-hybridized carbons (Fsp3) is 0.500. The summed E-state index contributed by atoms with van der Waals surface area (Å²) < 4.78 is 19.0. The van der Waals surface area contributed by atoms with Gasteiger partial charge in [-0.2, -0.15) is 0 Å². The van der Waals surface area contributed by atoms with Crippen molar-refractivity contribution < 1.29 is 13.6 Å². The summed E-state index contributed by atoms with van der Waals surface area (Å²) in [5.74, 6) is 1.83. The van der Waals surface area contributed by atoms with Crippen LogP contribution < -0.4 is 9.05 Å². The third-order valence-corrected chi connectivity index (χ3v) is 6.00. The lowest BCUT2D eigenvalue weighted by Crippen LogP contribution is -2.18. The predicted molar refractivity (Wildman–Crippen MR) is 123 cm³/mol. The molecule has 29 heavy (non-hydrogen) atoms. The molecule has 0 saturated carbocycles. The standard InChI is InChI=1S/C24H36NO3P/c1-7-19-13-11-14-20(8-2)23(19)27-29(26-18-17-25(5)6)28-24-21(9-3)15-12-16-22(24)10-4/h11-16H,7-10,17-18H2,1-6H3. The van der Waals surface area contributed by atoms with Crippen LogP contribution in [0.3, 0.4) is 0 Å². The van der Waals surface area contributed by atoms with Gasteiger partial charge in [-0.3, -0.25) is 4.52 Å². The summed E-state index contributed by atoms with van der Waals surface area (Å²) >= 11 is 0. The van der Waals surface area contributed by atoms with Crippen LogP contribution in [0.4, 0.5) is 0 Å². The predicted octanol–water partition coefficient (Wildman–Crippen LogP) is 6.20. The van der Waals surface area contributed by atoms with Crippen LogP contribution >= 0.6 is 8.60 Å². The average molecular weight is 418 g/mol. The maximum Gasteiger partial charge on any atom is 0.463 e. The molecule has 0 amide bonds.